The third-order valence-corrected chi connectivity index (χ3v) is 2.96. The van der Waals surface area contributed by atoms with E-state index in [9.17, 15) is 8.78 Å². The molecule has 0 saturated heterocycles. The molecule has 2 nitrogen and oxygen atoms in total. The molecule has 0 aromatic carbocycles. The molecule has 0 aliphatic heterocycles. The molecule has 78 valence electrons. The predicted octanol–water partition coefficient (Wildman–Crippen LogP) is 3.37. The number of hydrogen-bond donors (Lipinski definition) is 0. The van der Waals surface area contributed by atoms with Crippen LogP contribution in [-0.4, -0.2) is 12.1 Å². The minimum Gasteiger partial charge on any atom is -0.495 e. The molecule has 0 aliphatic rings. The van der Waals surface area contributed by atoms with Gasteiger partial charge in [0.05, 0.1) is 16.6 Å². The quantitative estimate of drug-likeness (QED) is 0.625. The van der Waals surface area contributed by atoms with Gasteiger partial charge in [0.25, 0.3) is 6.43 Å². The smallest absolute Gasteiger partial charge is 0.281 e. The Hall–Kier alpha value is -0.170. The SMILES string of the molecule is COc1c(CCl)cnc(C(F)F)c1I. The van der Waals surface area contributed by atoms with Gasteiger partial charge in [0.15, 0.2) is 0 Å². The second kappa shape index (κ2) is 5.06. The van der Waals surface area contributed by atoms with Crippen molar-refractivity contribution in [3.63, 3.8) is 0 Å². The van der Waals surface area contributed by atoms with E-state index >= 15 is 0 Å². The molecule has 14 heavy (non-hydrogen) atoms. The van der Waals surface area contributed by atoms with Crippen LogP contribution in [-0.2, 0) is 5.88 Å². The second-order valence-electron chi connectivity index (χ2n) is 2.45. The molecule has 0 unspecified atom stereocenters. The first kappa shape index (κ1) is 11.9. The van der Waals surface area contributed by atoms with Crippen molar-refractivity contribution >= 4 is 34.2 Å². The van der Waals surface area contributed by atoms with Gasteiger partial charge in [0.2, 0.25) is 0 Å². The summed E-state index contributed by atoms with van der Waals surface area (Å²) in [7, 11) is 1.42. The Morgan fingerprint density at radius 2 is 2.29 bits per heavy atom. The lowest BCUT2D eigenvalue weighted by molar-refractivity contribution is 0.144. The van der Waals surface area contributed by atoms with E-state index in [1.54, 1.807) is 22.6 Å². The summed E-state index contributed by atoms with van der Waals surface area (Å²) < 4.78 is 30.2. The van der Waals surface area contributed by atoms with E-state index in [1.807, 2.05) is 0 Å². The van der Waals surface area contributed by atoms with Crippen LogP contribution in [0.25, 0.3) is 0 Å². The number of pyridine rings is 1. The second-order valence-corrected chi connectivity index (χ2v) is 3.80. The van der Waals surface area contributed by atoms with Crippen LogP contribution in [0, 0.1) is 3.57 Å². The van der Waals surface area contributed by atoms with Crippen LogP contribution in [0.3, 0.4) is 0 Å². The fourth-order valence-corrected chi connectivity index (χ4v) is 2.12. The molecular weight excluding hydrogens is 326 g/mol. The topological polar surface area (TPSA) is 22.1 Å². The molecule has 1 heterocycles. The first-order valence-corrected chi connectivity index (χ1v) is 5.28. The van der Waals surface area contributed by atoms with Gasteiger partial charge < -0.3 is 4.74 Å². The van der Waals surface area contributed by atoms with Crippen LogP contribution in [0.15, 0.2) is 6.20 Å². The van der Waals surface area contributed by atoms with Gasteiger partial charge >= 0.3 is 0 Å². The highest BCUT2D eigenvalue weighted by Crippen LogP contribution is 2.32. The summed E-state index contributed by atoms with van der Waals surface area (Å²) in [4.78, 5) is 3.64. The lowest BCUT2D eigenvalue weighted by atomic mass is 10.2. The molecule has 0 saturated carbocycles. The minimum absolute atomic E-state index is 0.190. The summed E-state index contributed by atoms with van der Waals surface area (Å²) in [5, 5.41) is 0. The molecule has 0 fully saturated rings. The third-order valence-electron chi connectivity index (χ3n) is 1.63. The van der Waals surface area contributed by atoms with Gasteiger partial charge in [-0.1, -0.05) is 0 Å². The van der Waals surface area contributed by atoms with Crippen LogP contribution in [0.4, 0.5) is 8.78 Å². The summed E-state index contributed by atoms with van der Waals surface area (Å²) >= 11 is 7.38. The molecule has 1 aromatic rings. The highest BCUT2D eigenvalue weighted by molar-refractivity contribution is 14.1. The Kier molecular flexibility index (Phi) is 4.31. The molecule has 0 atom stereocenters. The van der Waals surface area contributed by atoms with E-state index in [-0.39, 0.29) is 11.6 Å². The van der Waals surface area contributed by atoms with Crippen molar-refractivity contribution in [2.45, 2.75) is 12.3 Å². The molecule has 0 N–H and O–H groups in total. The van der Waals surface area contributed by atoms with Crippen molar-refractivity contribution in [1.82, 2.24) is 4.98 Å². The first-order valence-electron chi connectivity index (χ1n) is 3.67. The molecule has 6 heteroatoms. The maximum absolute atomic E-state index is 12.4. The molecule has 0 bridgehead atoms. The number of methoxy groups -OCH3 is 1. The van der Waals surface area contributed by atoms with E-state index in [4.69, 9.17) is 16.3 Å². The number of halogens is 4. The molecule has 0 aliphatic carbocycles. The first-order chi connectivity index (χ1) is 6.61. The van der Waals surface area contributed by atoms with Gasteiger partial charge in [-0.05, 0) is 22.6 Å². The maximum atomic E-state index is 12.4. The van der Waals surface area contributed by atoms with Gasteiger partial charge in [-0.25, -0.2) is 8.78 Å². The zero-order valence-electron chi connectivity index (χ0n) is 7.23. The van der Waals surface area contributed by atoms with Gasteiger partial charge in [-0.3, -0.25) is 4.98 Å². The fraction of sp³-hybridized carbons (Fsp3) is 0.375. The number of hydrogen-bond acceptors (Lipinski definition) is 2. The molecule has 0 radical (unpaired) electrons. The largest absolute Gasteiger partial charge is 0.495 e. The Labute approximate surface area is 98.8 Å². The Morgan fingerprint density at radius 3 is 2.71 bits per heavy atom. The van der Waals surface area contributed by atoms with Gasteiger partial charge in [0.1, 0.15) is 11.4 Å². The predicted molar refractivity (Wildman–Crippen MR) is 58.0 cm³/mol. The Bertz CT molecular complexity index is 335. The van der Waals surface area contributed by atoms with Crippen molar-refractivity contribution in [3.05, 3.63) is 21.0 Å². The number of nitrogens with zero attached hydrogens (tertiary/aromatic N) is 1. The number of alkyl halides is 3. The van der Waals surface area contributed by atoms with E-state index < -0.39 is 6.43 Å². The zero-order valence-corrected chi connectivity index (χ0v) is 10.1. The Morgan fingerprint density at radius 1 is 1.64 bits per heavy atom. The highest BCUT2D eigenvalue weighted by Gasteiger charge is 2.19. The maximum Gasteiger partial charge on any atom is 0.281 e. The van der Waals surface area contributed by atoms with E-state index in [1.165, 1.54) is 13.3 Å². The van der Waals surface area contributed by atoms with Crippen molar-refractivity contribution in [2.24, 2.45) is 0 Å². The summed E-state index contributed by atoms with van der Waals surface area (Å²) in [5.41, 5.74) is 0.347. The van der Waals surface area contributed by atoms with Crippen LogP contribution in [0.1, 0.15) is 17.7 Å². The van der Waals surface area contributed by atoms with Crippen molar-refractivity contribution in [3.8, 4) is 5.75 Å². The van der Waals surface area contributed by atoms with Crippen molar-refractivity contribution < 1.29 is 13.5 Å². The number of aromatic nitrogens is 1. The van der Waals surface area contributed by atoms with Gasteiger partial charge in [0, 0.05) is 11.8 Å². The average Bonchev–Trinajstić information content (AvgIpc) is 2.16. The summed E-state index contributed by atoms with van der Waals surface area (Å²) in [6.07, 6.45) is -1.28. The van der Waals surface area contributed by atoms with Crippen LogP contribution < -0.4 is 4.74 Å². The van der Waals surface area contributed by atoms with Crippen LogP contribution in [0.2, 0.25) is 0 Å². The average molecular weight is 334 g/mol. The van der Waals surface area contributed by atoms with Crippen molar-refractivity contribution in [1.29, 1.82) is 0 Å². The number of ether oxygens (including phenoxy) is 1. The molecule has 0 amide bonds. The molecule has 1 rings (SSSR count). The summed E-state index contributed by atoms with van der Waals surface area (Å²) in [6.45, 7) is 0. The number of rotatable bonds is 3. The molecular formula is C8H7ClF2INO. The highest BCUT2D eigenvalue weighted by atomic mass is 127. The molecule has 1 aromatic heterocycles. The lowest BCUT2D eigenvalue weighted by Crippen LogP contribution is -2.01. The van der Waals surface area contributed by atoms with E-state index in [0.717, 1.165) is 0 Å². The van der Waals surface area contributed by atoms with Crippen LogP contribution in [0.5, 0.6) is 5.75 Å². The monoisotopic (exact) mass is 333 g/mol. The fourth-order valence-electron chi connectivity index (χ4n) is 0.988. The Balaban J connectivity index is 3.27. The summed E-state index contributed by atoms with van der Waals surface area (Å²) in [6, 6.07) is 0. The molecule has 0 spiro atoms. The zero-order chi connectivity index (χ0) is 10.7. The minimum atomic E-state index is -2.60. The standard InChI is InChI=1S/C8H7ClF2INO/c1-14-7-4(2-9)3-13-6(5(7)12)8(10)11/h3,8H,2H2,1H3. The van der Waals surface area contributed by atoms with E-state index in [0.29, 0.717) is 14.9 Å². The van der Waals surface area contributed by atoms with E-state index in [2.05, 4.69) is 4.98 Å². The van der Waals surface area contributed by atoms with Crippen LogP contribution >= 0.6 is 34.2 Å². The summed E-state index contributed by atoms with van der Waals surface area (Å²) in [5.74, 6) is 0.571. The third kappa shape index (κ3) is 2.25. The lowest BCUT2D eigenvalue weighted by Gasteiger charge is -2.10. The normalized spacial score (nSPS) is 10.7. The van der Waals surface area contributed by atoms with Gasteiger partial charge in [-0.15, -0.1) is 11.6 Å². The van der Waals surface area contributed by atoms with Gasteiger partial charge in [-0.2, -0.15) is 0 Å². The van der Waals surface area contributed by atoms with Crippen molar-refractivity contribution in [2.75, 3.05) is 7.11 Å².